The first-order chi connectivity index (χ1) is 14.4. The third-order valence-corrected chi connectivity index (χ3v) is 5.27. The Hall–Kier alpha value is -3.43. The standard InChI is InChI=1S/C20H24FN7O2/c1-11(2)27-8-4-5-15(20(27)30)24-16-9-17(22-3)28-18(26-16)12(10-23-28)19(29)25-14-7-6-13(14)21/h4-5,8-11,13-14,22H,6-7H2,1-3H3,(H,24,26)(H,25,29)/t13-,14?/m0/s1. The molecule has 3 aromatic heterocycles. The van der Waals surface area contributed by atoms with Crippen LogP contribution in [0.1, 0.15) is 43.1 Å². The minimum Gasteiger partial charge on any atom is -0.373 e. The van der Waals surface area contributed by atoms with Crippen LogP contribution in [0.5, 0.6) is 0 Å². The van der Waals surface area contributed by atoms with Crippen molar-refractivity contribution >= 4 is 28.9 Å². The molecule has 0 aromatic carbocycles. The van der Waals surface area contributed by atoms with Gasteiger partial charge < -0.3 is 20.5 Å². The van der Waals surface area contributed by atoms with E-state index in [4.69, 9.17) is 0 Å². The van der Waals surface area contributed by atoms with Crippen LogP contribution in [0.3, 0.4) is 0 Å². The highest BCUT2D eigenvalue weighted by Crippen LogP contribution is 2.25. The van der Waals surface area contributed by atoms with E-state index in [1.54, 1.807) is 36.0 Å². The number of amides is 1. The SMILES string of the molecule is CNc1cc(Nc2cccn(C(C)C)c2=O)nc2c(C(=O)NC3CC[C@@H]3F)cnn12. The molecule has 0 saturated heterocycles. The van der Waals surface area contributed by atoms with Gasteiger partial charge in [0.05, 0.1) is 12.2 Å². The molecule has 0 spiro atoms. The van der Waals surface area contributed by atoms with Crippen LogP contribution in [0.15, 0.2) is 35.4 Å². The monoisotopic (exact) mass is 413 g/mol. The molecule has 0 aliphatic heterocycles. The van der Waals surface area contributed by atoms with Crippen LogP contribution < -0.4 is 21.5 Å². The van der Waals surface area contributed by atoms with Crippen LogP contribution in [0.4, 0.5) is 21.7 Å². The molecule has 10 heteroatoms. The van der Waals surface area contributed by atoms with Crippen molar-refractivity contribution in [1.82, 2.24) is 24.5 Å². The Kier molecular flexibility index (Phi) is 5.15. The maximum Gasteiger partial charge on any atom is 0.274 e. The molecule has 4 rings (SSSR count). The summed E-state index contributed by atoms with van der Waals surface area (Å²) in [6, 6.07) is 4.69. The van der Waals surface area contributed by atoms with Crippen LogP contribution in [0.25, 0.3) is 5.65 Å². The second-order valence-corrected chi connectivity index (χ2v) is 7.60. The summed E-state index contributed by atoms with van der Waals surface area (Å²) < 4.78 is 16.7. The number of carbonyl (C=O) groups is 1. The molecule has 30 heavy (non-hydrogen) atoms. The number of carbonyl (C=O) groups excluding carboxylic acids is 1. The van der Waals surface area contributed by atoms with Crippen molar-refractivity contribution in [2.24, 2.45) is 0 Å². The second kappa shape index (κ2) is 7.77. The molecule has 0 bridgehead atoms. The maximum atomic E-state index is 13.5. The minimum absolute atomic E-state index is 0.0125. The van der Waals surface area contributed by atoms with E-state index in [2.05, 4.69) is 26.0 Å². The Labute approximate surface area is 172 Å². The first-order valence-corrected chi connectivity index (χ1v) is 9.88. The summed E-state index contributed by atoms with van der Waals surface area (Å²) in [6.07, 6.45) is 3.19. The smallest absolute Gasteiger partial charge is 0.274 e. The number of aromatic nitrogens is 4. The van der Waals surface area contributed by atoms with Gasteiger partial charge in [-0.2, -0.15) is 9.61 Å². The zero-order valence-corrected chi connectivity index (χ0v) is 17.0. The first kappa shape index (κ1) is 19.9. The van der Waals surface area contributed by atoms with E-state index in [9.17, 15) is 14.0 Å². The third-order valence-electron chi connectivity index (χ3n) is 5.27. The topological polar surface area (TPSA) is 105 Å². The van der Waals surface area contributed by atoms with Crippen molar-refractivity contribution < 1.29 is 9.18 Å². The molecule has 1 unspecified atom stereocenters. The third kappa shape index (κ3) is 3.49. The Morgan fingerprint density at radius 1 is 1.33 bits per heavy atom. The number of nitrogens with zero attached hydrogens (tertiary/aromatic N) is 4. The molecule has 158 valence electrons. The minimum atomic E-state index is -1.02. The number of hydrogen-bond donors (Lipinski definition) is 3. The van der Waals surface area contributed by atoms with E-state index in [0.29, 0.717) is 35.8 Å². The summed E-state index contributed by atoms with van der Waals surface area (Å²) in [5, 5.41) is 13.0. The van der Waals surface area contributed by atoms with Gasteiger partial charge in [0.15, 0.2) is 5.65 Å². The van der Waals surface area contributed by atoms with E-state index < -0.39 is 18.1 Å². The summed E-state index contributed by atoms with van der Waals surface area (Å²) in [7, 11) is 1.72. The zero-order valence-electron chi connectivity index (χ0n) is 17.0. The molecule has 1 aliphatic rings. The quantitative estimate of drug-likeness (QED) is 0.573. The molecule has 1 aliphatic carbocycles. The lowest BCUT2D eigenvalue weighted by molar-refractivity contribution is 0.0826. The predicted molar refractivity (Wildman–Crippen MR) is 112 cm³/mol. The number of alkyl halides is 1. The van der Waals surface area contributed by atoms with Gasteiger partial charge in [0, 0.05) is 25.4 Å². The molecule has 3 aromatic rings. The van der Waals surface area contributed by atoms with Crippen molar-refractivity contribution in [2.75, 3.05) is 17.7 Å². The molecule has 3 N–H and O–H groups in total. The van der Waals surface area contributed by atoms with Gasteiger partial charge in [-0.15, -0.1) is 0 Å². The fraction of sp³-hybridized carbons (Fsp3) is 0.400. The van der Waals surface area contributed by atoms with Gasteiger partial charge in [0.25, 0.3) is 11.5 Å². The average molecular weight is 413 g/mol. The normalized spacial score (nSPS) is 18.3. The Morgan fingerprint density at radius 2 is 2.13 bits per heavy atom. The molecule has 1 fully saturated rings. The number of hydrogen-bond acceptors (Lipinski definition) is 6. The maximum absolute atomic E-state index is 13.5. The zero-order chi connectivity index (χ0) is 21.4. The summed E-state index contributed by atoms with van der Waals surface area (Å²) in [5.41, 5.74) is 0.731. The van der Waals surface area contributed by atoms with Crippen molar-refractivity contribution in [3.63, 3.8) is 0 Å². The summed E-state index contributed by atoms with van der Waals surface area (Å²) in [5.74, 6) is 0.534. The molecular formula is C20H24FN7O2. The summed E-state index contributed by atoms with van der Waals surface area (Å²) in [4.78, 5) is 29.8. The lowest BCUT2D eigenvalue weighted by Gasteiger charge is -2.30. The number of nitrogens with one attached hydrogen (secondary N) is 3. The van der Waals surface area contributed by atoms with Crippen LogP contribution in [-0.4, -0.2) is 44.3 Å². The van der Waals surface area contributed by atoms with Crippen molar-refractivity contribution in [1.29, 1.82) is 0 Å². The van der Waals surface area contributed by atoms with Gasteiger partial charge in [0.2, 0.25) is 0 Å². The number of rotatable bonds is 6. The molecular weight excluding hydrogens is 389 g/mol. The van der Waals surface area contributed by atoms with Crippen LogP contribution in [0, 0.1) is 0 Å². The molecule has 1 saturated carbocycles. The largest absolute Gasteiger partial charge is 0.373 e. The first-order valence-electron chi connectivity index (χ1n) is 9.88. The number of fused-ring (bicyclic) bond motifs is 1. The molecule has 0 radical (unpaired) electrons. The fourth-order valence-corrected chi connectivity index (χ4v) is 3.38. The Balaban J connectivity index is 1.70. The fourth-order valence-electron chi connectivity index (χ4n) is 3.38. The van der Waals surface area contributed by atoms with Crippen molar-refractivity contribution in [3.05, 3.63) is 46.5 Å². The molecule has 1 amide bonds. The average Bonchev–Trinajstić information content (AvgIpc) is 3.15. The van der Waals surface area contributed by atoms with Gasteiger partial charge in [-0.1, -0.05) is 0 Å². The van der Waals surface area contributed by atoms with Crippen molar-refractivity contribution in [3.8, 4) is 0 Å². The highest BCUT2D eigenvalue weighted by atomic mass is 19.1. The van der Waals surface area contributed by atoms with Gasteiger partial charge in [-0.3, -0.25) is 9.59 Å². The highest BCUT2D eigenvalue weighted by Gasteiger charge is 2.33. The number of halogens is 1. The van der Waals surface area contributed by atoms with Gasteiger partial charge >= 0.3 is 0 Å². The molecule has 2 atom stereocenters. The number of anilines is 3. The lowest BCUT2D eigenvalue weighted by Crippen LogP contribution is -2.48. The summed E-state index contributed by atoms with van der Waals surface area (Å²) in [6.45, 7) is 3.85. The van der Waals surface area contributed by atoms with E-state index in [1.807, 2.05) is 13.8 Å². The lowest BCUT2D eigenvalue weighted by atomic mass is 9.90. The van der Waals surface area contributed by atoms with E-state index in [0.717, 1.165) is 0 Å². The summed E-state index contributed by atoms with van der Waals surface area (Å²) >= 11 is 0. The second-order valence-electron chi connectivity index (χ2n) is 7.60. The Morgan fingerprint density at radius 3 is 2.77 bits per heavy atom. The van der Waals surface area contributed by atoms with E-state index in [1.165, 1.54) is 10.7 Å². The Bertz CT molecular complexity index is 1150. The van der Waals surface area contributed by atoms with Gasteiger partial charge in [-0.05, 0) is 38.8 Å². The van der Waals surface area contributed by atoms with E-state index >= 15 is 0 Å². The van der Waals surface area contributed by atoms with Crippen LogP contribution in [-0.2, 0) is 0 Å². The van der Waals surface area contributed by atoms with Gasteiger partial charge in [-0.25, -0.2) is 9.37 Å². The van der Waals surface area contributed by atoms with Crippen LogP contribution >= 0.6 is 0 Å². The molecule has 3 heterocycles. The predicted octanol–water partition coefficient (Wildman–Crippen LogP) is 2.49. The van der Waals surface area contributed by atoms with E-state index in [-0.39, 0.29) is 17.2 Å². The molecule has 9 nitrogen and oxygen atoms in total. The van der Waals surface area contributed by atoms with Crippen molar-refractivity contribution in [2.45, 2.75) is 44.9 Å². The highest BCUT2D eigenvalue weighted by molar-refractivity contribution is 6.00. The van der Waals surface area contributed by atoms with Gasteiger partial charge in [0.1, 0.15) is 29.1 Å². The van der Waals surface area contributed by atoms with Crippen LogP contribution in [0.2, 0.25) is 0 Å². The number of pyridine rings is 1.